The van der Waals surface area contributed by atoms with E-state index in [1.807, 2.05) is 25.1 Å². The average Bonchev–Trinajstić information content (AvgIpc) is 3.41. The first-order valence-corrected chi connectivity index (χ1v) is 12.4. The number of nitrogens with zero attached hydrogens (tertiary/aromatic N) is 4. The predicted molar refractivity (Wildman–Crippen MR) is 133 cm³/mol. The van der Waals surface area contributed by atoms with E-state index in [2.05, 4.69) is 46.3 Å². The lowest BCUT2D eigenvalue weighted by atomic mass is 9.86. The van der Waals surface area contributed by atoms with E-state index in [4.69, 9.17) is 4.74 Å². The van der Waals surface area contributed by atoms with Gasteiger partial charge in [0.25, 0.3) is 0 Å². The van der Waals surface area contributed by atoms with Crippen molar-refractivity contribution in [2.45, 2.75) is 52.6 Å². The van der Waals surface area contributed by atoms with Gasteiger partial charge in [-0.05, 0) is 68.9 Å². The van der Waals surface area contributed by atoms with Crippen molar-refractivity contribution in [2.75, 3.05) is 19.0 Å². The number of benzene rings is 1. The normalized spacial score (nSPS) is 16.7. The van der Waals surface area contributed by atoms with E-state index in [0.29, 0.717) is 13.2 Å². The lowest BCUT2D eigenvalue weighted by Gasteiger charge is -2.29. The van der Waals surface area contributed by atoms with E-state index in [-0.39, 0.29) is 17.9 Å². The Morgan fingerprint density at radius 2 is 2.18 bits per heavy atom. The molecule has 0 spiro atoms. The molecule has 1 unspecified atom stereocenters. The summed E-state index contributed by atoms with van der Waals surface area (Å²) in [6.07, 6.45) is 5.99. The molecular formula is C25H29N5O2S. The fraction of sp³-hybridized carbons (Fsp3) is 0.440. The first-order valence-electron chi connectivity index (χ1n) is 11.5. The Hall–Kier alpha value is -3.00. The maximum absolute atomic E-state index is 12.9. The number of aromatic nitrogens is 2. The zero-order valence-corrected chi connectivity index (χ0v) is 20.3. The van der Waals surface area contributed by atoms with Gasteiger partial charge in [-0.2, -0.15) is 0 Å². The number of hydrogen-bond donors (Lipinski definition) is 1. The molecule has 3 aromatic rings. The summed E-state index contributed by atoms with van der Waals surface area (Å²) in [6, 6.07) is 4.36. The molecule has 0 saturated carbocycles. The van der Waals surface area contributed by atoms with Crippen molar-refractivity contribution < 1.29 is 9.53 Å². The Balaban J connectivity index is 1.49. The summed E-state index contributed by atoms with van der Waals surface area (Å²) in [4.78, 5) is 30.5. The summed E-state index contributed by atoms with van der Waals surface area (Å²) in [5, 5.41) is 4.59. The van der Waals surface area contributed by atoms with Crippen molar-refractivity contribution in [2.24, 2.45) is 10.9 Å². The first-order chi connectivity index (χ1) is 16.0. The number of thiophene rings is 1. The summed E-state index contributed by atoms with van der Waals surface area (Å²) >= 11 is 1.69. The summed E-state index contributed by atoms with van der Waals surface area (Å²) in [5.41, 5.74) is 4.43. The van der Waals surface area contributed by atoms with E-state index in [0.717, 1.165) is 52.3 Å². The van der Waals surface area contributed by atoms with Crippen LogP contribution < -0.4 is 10.1 Å². The molecule has 1 atom stereocenters. The van der Waals surface area contributed by atoms with Crippen LogP contribution in [0.1, 0.15) is 48.8 Å². The minimum absolute atomic E-state index is 0.0304. The van der Waals surface area contributed by atoms with Gasteiger partial charge in [-0.3, -0.25) is 9.79 Å². The van der Waals surface area contributed by atoms with Gasteiger partial charge in [0, 0.05) is 30.1 Å². The molecule has 172 valence electrons. The second-order valence-corrected chi connectivity index (χ2v) is 10.0. The van der Waals surface area contributed by atoms with Crippen LogP contribution in [0.2, 0.25) is 0 Å². The minimum atomic E-state index is 0.0304. The Morgan fingerprint density at radius 1 is 1.33 bits per heavy atom. The highest BCUT2D eigenvalue weighted by atomic mass is 32.1. The first kappa shape index (κ1) is 21.8. The molecule has 5 rings (SSSR count). The molecule has 1 N–H and O–H groups in total. The molecule has 0 bridgehead atoms. The van der Waals surface area contributed by atoms with Crippen LogP contribution in [0.15, 0.2) is 23.5 Å². The largest absolute Gasteiger partial charge is 0.492 e. The van der Waals surface area contributed by atoms with Gasteiger partial charge >= 0.3 is 0 Å². The highest BCUT2D eigenvalue weighted by molar-refractivity contribution is 7.19. The van der Waals surface area contributed by atoms with Crippen LogP contribution in [-0.2, 0) is 24.2 Å². The molecule has 3 heterocycles. The van der Waals surface area contributed by atoms with Gasteiger partial charge in [0.15, 0.2) is 0 Å². The van der Waals surface area contributed by atoms with E-state index in [1.54, 1.807) is 17.7 Å². The molecular weight excluding hydrogens is 434 g/mol. The highest BCUT2D eigenvalue weighted by Gasteiger charge is 2.31. The Bertz CT molecular complexity index is 1250. The van der Waals surface area contributed by atoms with Crippen LogP contribution in [0.3, 0.4) is 0 Å². The summed E-state index contributed by atoms with van der Waals surface area (Å²) in [6.45, 7) is 7.37. The number of ether oxygens (including phenoxy) is 1. The monoisotopic (exact) mass is 463 g/mol. The molecule has 8 heteroatoms. The van der Waals surface area contributed by atoms with E-state index in [1.165, 1.54) is 16.0 Å². The van der Waals surface area contributed by atoms with Gasteiger partial charge in [-0.1, -0.05) is 0 Å². The summed E-state index contributed by atoms with van der Waals surface area (Å²) < 4.78 is 5.92. The quantitative estimate of drug-likeness (QED) is 0.571. The molecule has 0 fully saturated rings. The van der Waals surface area contributed by atoms with Gasteiger partial charge in [-0.25, -0.2) is 9.97 Å². The van der Waals surface area contributed by atoms with Gasteiger partial charge in [-0.15, -0.1) is 11.3 Å². The zero-order chi connectivity index (χ0) is 23.1. The van der Waals surface area contributed by atoms with E-state index in [9.17, 15) is 4.79 Å². The van der Waals surface area contributed by atoms with Crippen LogP contribution in [0.25, 0.3) is 10.2 Å². The number of amides is 1. The fourth-order valence-corrected chi connectivity index (χ4v) is 5.86. The van der Waals surface area contributed by atoms with Gasteiger partial charge in [0.05, 0.1) is 24.2 Å². The second kappa shape index (κ2) is 8.74. The van der Waals surface area contributed by atoms with Crippen LogP contribution in [0.4, 0.5) is 11.5 Å². The maximum atomic E-state index is 12.9. The third-order valence-corrected chi connectivity index (χ3v) is 7.77. The molecule has 1 aromatic carbocycles. The third kappa shape index (κ3) is 3.97. The van der Waals surface area contributed by atoms with Gasteiger partial charge in [0.1, 0.15) is 22.7 Å². The van der Waals surface area contributed by atoms with Crippen molar-refractivity contribution in [3.8, 4) is 5.75 Å². The van der Waals surface area contributed by atoms with Crippen LogP contribution in [-0.4, -0.2) is 46.7 Å². The van der Waals surface area contributed by atoms with Crippen molar-refractivity contribution in [3.63, 3.8) is 0 Å². The predicted octanol–water partition coefficient (Wildman–Crippen LogP) is 4.74. The van der Waals surface area contributed by atoms with Gasteiger partial charge in [0.2, 0.25) is 5.91 Å². The van der Waals surface area contributed by atoms with Crippen molar-refractivity contribution in [1.29, 1.82) is 0 Å². The molecule has 2 aromatic heterocycles. The number of aryl methyl sites for hydroxylation is 1. The Morgan fingerprint density at radius 3 is 2.97 bits per heavy atom. The average molecular weight is 464 g/mol. The number of nitrogens with one attached hydrogen (secondary N) is 1. The zero-order valence-electron chi connectivity index (χ0n) is 19.5. The molecule has 33 heavy (non-hydrogen) atoms. The van der Waals surface area contributed by atoms with Crippen molar-refractivity contribution in [1.82, 2.24) is 14.9 Å². The Labute approximate surface area is 197 Å². The molecule has 0 saturated heterocycles. The summed E-state index contributed by atoms with van der Waals surface area (Å²) in [7, 11) is 1.90. The van der Waals surface area contributed by atoms with Crippen molar-refractivity contribution in [3.05, 3.63) is 40.0 Å². The highest BCUT2D eigenvalue weighted by Crippen LogP contribution is 2.42. The fourth-order valence-electron chi connectivity index (χ4n) is 4.60. The molecule has 1 amide bonds. The molecule has 0 radical (unpaired) electrons. The van der Waals surface area contributed by atoms with Crippen LogP contribution in [0, 0.1) is 5.92 Å². The second-order valence-electron chi connectivity index (χ2n) is 8.96. The molecule has 1 aliphatic carbocycles. The maximum Gasteiger partial charge on any atom is 0.226 e. The van der Waals surface area contributed by atoms with Crippen LogP contribution >= 0.6 is 11.3 Å². The molecule has 1 aliphatic heterocycles. The SMILES string of the molecule is CCOc1cc2c(cc1Nc1ncnc3sc4c(c13)CCC(C(=O)N(C)C(C)C)C4)C=NC2. The number of carbonyl (C=O) groups is 1. The summed E-state index contributed by atoms with van der Waals surface area (Å²) in [5.74, 6) is 1.86. The lowest BCUT2D eigenvalue weighted by molar-refractivity contribution is -0.136. The Kier molecular flexibility index (Phi) is 5.78. The van der Waals surface area contributed by atoms with Crippen LogP contribution in [0.5, 0.6) is 5.75 Å². The number of carbonyl (C=O) groups excluding carboxylic acids is 1. The molecule has 7 nitrogen and oxygen atoms in total. The van der Waals surface area contributed by atoms with Gasteiger partial charge < -0.3 is 15.0 Å². The van der Waals surface area contributed by atoms with E-state index < -0.39 is 0 Å². The number of rotatable bonds is 6. The minimum Gasteiger partial charge on any atom is -0.492 e. The van der Waals surface area contributed by atoms with E-state index >= 15 is 0 Å². The lowest BCUT2D eigenvalue weighted by Crippen LogP contribution is -2.39. The smallest absolute Gasteiger partial charge is 0.226 e. The number of anilines is 2. The molecule has 2 aliphatic rings. The number of fused-ring (bicyclic) bond motifs is 4. The number of aliphatic imine (C=N–C) groups is 1. The van der Waals surface area contributed by atoms with Crippen molar-refractivity contribution >= 4 is 45.2 Å². The number of hydrogen-bond acceptors (Lipinski definition) is 7. The topological polar surface area (TPSA) is 79.7 Å². The standard InChI is InChI=1S/C25H29N5O2S/c1-5-32-20-9-17-12-26-11-16(17)8-19(20)29-23-22-18-7-6-15(25(31)30(4)14(2)3)10-21(18)33-24(22)28-13-27-23/h8-9,11,13-15H,5-7,10,12H2,1-4H3,(H,27,28,29). The third-order valence-electron chi connectivity index (χ3n) is 6.60.